The van der Waals surface area contributed by atoms with Crippen LogP contribution in [0.5, 0.6) is 0 Å². The Bertz CT molecular complexity index is 652. The van der Waals surface area contributed by atoms with Gasteiger partial charge in [0.1, 0.15) is 11.6 Å². The topological polar surface area (TPSA) is 17.8 Å². The summed E-state index contributed by atoms with van der Waals surface area (Å²) in [4.78, 5) is 4.17. The number of rotatable bonds is 4. The summed E-state index contributed by atoms with van der Waals surface area (Å²) in [6.45, 7) is 1.43. The van der Waals surface area contributed by atoms with Crippen LogP contribution in [-0.2, 0) is 6.42 Å². The van der Waals surface area contributed by atoms with Crippen LogP contribution in [0.3, 0.4) is 0 Å². The second-order valence-electron chi connectivity index (χ2n) is 4.76. The van der Waals surface area contributed by atoms with Crippen molar-refractivity contribution < 1.29 is 17.6 Å². The lowest BCUT2D eigenvalue weighted by Gasteiger charge is -2.19. The van der Waals surface area contributed by atoms with Gasteiger partial charge >= 0.3 is 6.18 Å². The van der Waals surface area contributed by atoms with E-state index in [0.29, 0.717) is 11.3 Å². The summed E-state index contributed by atoms with van der Waals surface area (Å²) in [7, 11) is 0. The first kappa shape index (κ1) is 16.4. The molecule has 21 heavy (non-hydrogen) atoms. The van der Waals surface area contributed by atoms with Crippen LogP contribution in [0.1, 0.15) is 25.2 Å². The average Bonchev–Trinajstić information content (AvgIpc) is 2.65. The lowest BCUT2D eigenvalue weighted by Crippen LogP contribution is -2.18. The van der Waals surface area contributed by atoms with E-state index in [-0.39, 0.29) is 22.8 Å². The zero-order chi connectivity index (χ0) is 15.8. The van der Waals surface area contributed by atoms with Gasteiger partial charge in [0.25, 0.3) is 0 Å². The third-order valence-electron chi connectivity index (χ3n) is 3.09. The quantitative estimate of drug-likeness (QED) is 0.556. The molecule has 8 heteroatoms. The maximum atomic E-state index is 13.5. The monoisotopic (exact) mass is 342 g/mol. The van der Waals surface area contributed by atoms with Crippen molar-refractivity contribution in [1.82, 2.24) is 9.55 Å². The zero-order valence-corrected chi connectivity index (χ0v) is 12.5. The molecule has 0 saturated carbocycles. The Morgan fingerprint density at radius 2 is 2.00 bits per heavy atom. The Morgan fingerprint density at radius 3 is 2.57 bits per heavy atom. The SMILES string of the molecule is CC(CC(F)(F)F)n1c(CCCl)nc2cc(F)c(Cl)cc21. The molecule has 0 aliphatic heterocycles. The fourth-order valence-corrected chi connectivity index (χ4v) is 2.65. The number of benzene rings is 1. The molecule has 0 saturated heterocycles. The van der Waals surface area contributed by atoms with Crippen LogP contribution in [0.2, 0.25) is 5.02 Å². The van der Waals surface area contributed by atoms with Gasteiger partial charge in [0.2, 0.25) is 0 Å². The molecule has 2 rings (SSSR count). The van der Waals surface area contributed by atoms with Crippen LogP contribution in [0.15, 0.2) is 12.1 Å². The zero-order valence-electron chi connectivity index (χ0n) is 11.0. The molecule has 0 fully saturated rings. The van der Waals surface area contributed by atoms with Crippen LogP contribution in [0, 0.1) is 5.82 Å². The third-order valence-corrected chi connectivity index (χ3v) is 3.57. The van der Waals surface area contributed by atoms with Gasteiger partial charge in [-0.05, 0) is 13.0 Å². The van der Waals surface area contributed by atoms with Crippen molar-refractivity contribution in [2.24, 2.45) is 0 Å². The summed E-state index contributed by atoms with van der Waals surface area (Å²) in [6.07, 6.45) is -5.03. The average molecular weight is 343 g/mol. The Hall–Kier alpha value is -1.01. The number of aromatic nitrogens is 2. The standard InChI is InChI=1S/C13H12Cl2F4N2/c1-7(6-13(17,18)19)21-11-4-8(15)9(16)5-10(11)20-12(21)2-3-14/h4-5,7H,2-3,6H2,1H3. The molecule has 1 atom stereocenters. The molecule has 0 aliphatic carbocycles. The molecule has 1 heterocycles. The maximum Gasteiger partial charge on any atom is 0.391 e. The number of imidazole rings is 1. The van der Waals surface area contributed by atoms with Crippen molar-refractivity contribution >= 4 is 34.2 Å². The van der Waals surface area contributed by atoms with E-state index in [9.17, 15) is 17.6 Å². The molecular weight excluding hydrogens is 331 g/mol. The summed E-state index contributed by atoms with van der Waals surface area (Å²) >= 11 is 11.4. The van der Waals surface area contributed by atoms with Gasteiger partial charge < -0.3 is 4.57 Å². The van der Waals surface area contributed by atoms with Gasteiger partial charge in [-0.3, -0.25) is 0 Å². The summed E-state index contributed by atoms with van der Waals surface area (Å²) in [5.41, 5.74) is 0.643. The Morgan fingerprint density at radius 1 is 1.33 bits per heavy atom. The Labute approximate surface area is 128 Å². The molecule has 116 valence electrons. The van der Waals surface area contributed by atoms with E-state index >= 15 is 0 Å². The fourth-order valence-electron chi connectivity index (χ4n) is 2.32. The van der Waals surface area contributed by atoms with Gasteiger partial charge in [0.05, 0.1) is 22.5 Å². The van der Waals surface area contributed by atoms with Gasteiger partial charge in [-0.15, -0.1) is 11.6 Å². The minimum Gasteiger partial charge on any atom is -0.325 e. The van der Waals surface area contributed by atoms with Crippen LogP contribution in [0.4, 0.5) is 17.6 Å². The molecule has 1 aromatic heterocycles. The predicted octanol–water partition coefficient (Wildman–Crippen LogP) is 5.12. The predicted molar refractivity (Wildman–Crippen MR) is 74.5 cm³/mol. The Balaban J connectivity index is 2.57. The normalized spacial score (nSPS) is 13.9. The van der Waals surface area contributed by atoms with Crippen molar-refractivity contribution in [3.63, 3.8) is 0 Å². The van der Waals surface area contributed by atoms with Crippen LogP contribution in [-0.4, -0.2) is 21.6 Å². The van der Waals surface area contributed by atoms with Gasteiger partial charge in [0.15, 0.2) is 0 Å². The minimum atomic E-state index is -4.31. The van der Waals surface area contributed by atoms with E-state index in [4.69, 9.17) is 23.2 Å². The first-order valence-electron chi connectivity index (χ1n) is 6.21. The van der Waals surface area contributed by atoms with Crippen LogP contribution >= 0.6 is 23.2 Å². The fraction of sp³-hybridized carbons (Fsp3) is 0.462. The molecule has 0 radical (unpaired) electrons. The number of aryl methyl sites for hydroxylation is 1. The number of halogens is 6. The summed E-state index contributed by atoms with van der Waals surface area (Å²) in [6, 6.07) is 1.53. The van der Waals surface area contributed by atoms with E-state index < -0.39 is 24.5 Å². The van der Waals surface area contributed by atoms with Gasteiger partial charge in [-0.2, -0.15) is 13.2 Å². The summed E-state index contributed by atoms with van der Waals surface area (Å²) < 4.78 is 52.7. The highest BCUT2D eigenvalue weighted by atomic mass is 35.5. The molecule has 2 nitrogen and oxygen atoms in total. The molecular formula is C13H12Cl2F4N2. The van der Waals surface area contributed by atoms with E-state index in [1.807, 2.05) is 0 Å². The second kappa shape index (κ2) is 6.01. The largest absolute Gasteiger partial charge is 0.391 e. The van der Waals surface area contributed by atoms with Gasteiger partial charge in [-0.25, -0.2) is 9.37 Å². The minimum absolute atomic E-state index is 0.153. The number of hydrogen-bond acceptors (Lipinski definition) is 1. The number of nitrogens with zero attached hydrogens (tertiary/aromatic N) is 2. The molecule has 0 amide bonds. The second-order valence-corrected chi connectivity index (χ2v) is 5.55. The van der Waals surface area contributed by atoms with Crippen molar-refractivity contribution in [2.75, 3.05) is 5.88 Å². The highest BCUT2D eigenvalue weighted by molar-refractivity contribution is 6.31. The van der Waals surface area contributed by atoms with Crippen molar-refractivity contribution in [1.29, 1.82) is 0 Å². The van der Waals surface area contributed by atoms with Gasteiger partial charge in [0, 0.05) is 24.4 Å². The summed E-state index contributed by atoms with van der Waals surface area (Å²) in [5, 5.41) is -0.153. The summed E-state index contributed by atoms with van der Waals surface area (Å²) in [5.74, 6) is -0.0636. The van der Waals surface area contributed by atoms with E-state index in [1.54, 1.807) is 0 Å². The lowest BCUT2D eigenvalue weighted by molar-refractivity contribution is -0.141. The van der Waals surface area contributed by atoms with Crippen LogP contribution < -0.4 is 0 Å². The highest BCUT2D eigenvalue weighted by Gasteiger charge is 2.32. The molecule has 0 bridgehead atoms. The maximum absolute atomic E-state index is 13.5. The molecule has 1 aromatic carbocycles. The first-order chi connectivity index (χ1) is 9.73. The number of hydrogen-bond donors (Lipinski definition) is 0. The first-order valence-corrected chi connectivity index (χ1v) is 7.12. The van der Waals surface area contributed by atoms with E-state index in [1.165, 1.54) is 17.6 Å². The molecule has 0 N–H and O–H groups in total. The van der Waals surface area contributed by atoms with E-state index in [2.05, 4.69) is 4.98 Å². The van der Waals surface area contributed by atoms with Gasteiger partial charge in [-0.1, -0.05) is 11.6 Å². The number of fused-ring (bicyclic) bond motifs is 1. The lowest BCUT2D eigenvalue weighted by atomic mass is 10.2. The molecule has 0 spiro atoms. The molecule has 1 unspecified atom stereocenters. The highest BCUT2D eigenvalue weighted by Crippen LogP contribution is 2.32. The molecule has 2 aromatic rings. The Kier molecular flexibility index (Phi) is 4.68. The molecule has 0 aliphatic rings. The van der Waals surface area contributed by atoms with Crippen molar-refractivity contribution in [3.05, 3.63) is 28.8 Å². The van der Waals surface area contributed by atoms with Crippen molar-refractivity contribution in [2.45, 2.75) is 32.0 Å². The smallest absolute Gasteiger partial charge is 0.325 e. The van der Waals surface area contributed by atoms with Crippen LogP contribution in [0.25, 0.3) is 11.0 Å². The third kappa shape index (κ3) is 3.61. The van der Waals surface area contributed by atoms with Crippen molar-refractivity contribution in [3.8, 4) is 0 Å². The van der Waals surface area contributed by atoms with E-state index in [0.717, 1.165) is 6.07 Å². The number of alkyl halides is 4.